The van der Waals surface area contributed by atoms with E-state index in [1.165, 1.54) is 6.07 Å². The zero-order valence-corrected chi connectivity index (χ0v) is 11.8. The Morgan fingerprint density at radius 1 is 1.35 bits per heavy atom. The van der Waals surface area contributed by atoms with Gasteiger partial charge in [-0.2, -0.15) is 0 Å². The number of aliphatic hydroxyl groups is 1. The minimum Gasteiger partial charge on any atom is -0.467 e. The number of halogens is 1. The van der Waals surface area contributed by atoms with Gasteiger partial charge in [0.05, 0.1) is 6.26 Å². The molecule has 108 valence electrons. The average Bonchev–Trinajstić information content (AvgIpc) is 2.94. The summed E-state index contributed by atoms with van der Waals surface area (Å²) in [6.45, 7) is 4.34. The van der Waals surface area contributed by atoms with Crippen LogP contribution >= 0.6 is 0 Å². The lowest BCUT2D eigenvalue weighted by Gasteiger charge is -2.17. The van der Waals surface area contributed by atoms with Gasteiger partial charge in [-0.15, -0.1) is 0 Å². The first kappa shape index (κ1) is 14.8. The molecule has 1 aromatic heterocycles. The van der Waals surface area contributed by atoms with Crippen LogP contribution in [0, 0.1) is 12.7 Å². The van der Waals surface area contributed by atoms with E-state index in [1.54, 1.807) is 24.5 Å². The zero-order valence-electron chi connectivity index (χ0n) is 11.8. The van der Waals surface area contributed by atoms with E-state index in [4.69, 9.17) is 4.42 Å². The van der Waals surface area contributed by atoms with E-state index < -0.39 is 6.10 Å². The lowest BCUT2D eigenvalue weighted by atomic mass is 10.1. The van der Waals surface area contributed by atoms with Crippen molar-refractivity contribution >= 4 is 0 Å². The summed E-state index contributed by atoms with van der Waals surface area (Å²) in [6, 6.07) is 8.61. The van der Waals surface area contributed by atoms with Crippen LogP contribution in [0.4, 0.5) is 4.39 Å². The molecule has 0 amide bonds. The molecule has 2 N–H and O–H groups in total. The standard InChI is InChI=1S/C16H20FNO2/c1-11-5-6-14(17)13(8-11)10-18-12(2)9-15(19)16-4-3-7-20-16/h3-8,12,15,18-19H,9-10H2,1-2H3/t12-,15+/m1/s1. The first-order valence-electron chi connectivity index (χ1n) is 6.76. The molecule has 3 nitrogen and oxygen atoms in total. The SMILES string of the molecule is Cc1ccc(F)c(CN[C@H](C)C[C@H](O)c2ccco2)c1. The summed E-state index contributed by atoms with van der Waals surface area (Å²) in [5, 5.41) is 13.2. The summed E-state index contributed by atoms with van der Waals surface area (Å²) in [5.74, 6) is 0.349. The maximum absolute atomic E-state index is 13.6. The molecule has 1 aromatic carbocycles. The fourth-order valence-electron chi connectivity index (χ4n) is 2.14. The Balaban J connectivity index is 1.86. The molecule has 0 spiro atoms. The van der Waals surface area contributed by atoms with Gasteiger partial charge in [-0.3, -0.25) is 0 Å². The van der Waals surface area contributed by atoms with E-state index in [0.29, 0.717) is 24.3 Å². The predicted octanol–water partition coefficient (Wildman–Crippen LogP) is 3.33. The van der Waals surface area contributed by atoms with Crippen LogP contribution in [-0.4, -0.2) is 11.1 Å². The first-order valence-corrected chi connectivity index (χ1v) is 6.76. The Morgan fingerprint density at radius 3 is 2.85 bits per heavy atom. The second-order valence-electron chi connectivity index (χ2n) is 5.14. The second-order valence-corrected chi connectivity index (χ2v) is 5.14. The van der Waals surface area contributed by atoms with Gasteiger partial charge < -0.3 is 14.8 Å². The number of benzene rings is 1. The van der Waals surface area contributed by atoms with Gasteiger partial charge in [0.1, 0.15) is 17.7 Å². The molecule has 0 unspecified atom stereocenters. The largest absolute Gasteiger partial charge is 0.467 e. The van der Waals surface area contributed by atoms with Crippen molar-refractivity contribution in [1.82, 2.24) is 5.32 Å². The maximum Gasteiger partial charge on any atom is 0.132 e. The third-order valence-electron chi connectivity index (χ3n) is 3.29. The Morgan fingerprint density at radius 2 is 2.15 bits per heavy atom. The first-order chi connectivity index (χ1) is 9.56. The number of furan rings is 1. The lowest BCUT2D eigenvalue weighted by molar-refractivity contribution is 0.128. The zero-order chi connectivity index (χ0) is 14.5. The molecule has 0 saturated heterocycles. The van der Waals surface area contributed by atoms with E-state index in [9.17, 15) is 9.50 Å². The molecule has 0 saturated carbocycles. The molecular weight excluding hydrogens is 257 g/mol. The number of hydrogen-bond acceptors (Lipinski definition) is 3. The van der Waals surface area contributed by atoms with Crippen LogP contribution < -0.4 is 5.32 Å². The summed E-state index contributed by atoms with van der Waals surface area (Å²) in [6.07, 6.45) is 1.41. The van der Waals surface area contributed by atoms with Gasteiger partial charge in [0.15, 0.2) is 0 Å². The normalized spacial score (nSPS) is 14.2. The predicted molar refractivity (Wildman–Crippen MR) is 75.7 cm³/mol. The van der Waals surface area contributed by atoms with Crippen molar-refractivity contribution in [2.75, 3.05) is 0 Å². The van der Waals surface area contributed by atoms with E-state index >= 15 is 0 Å². The molecule has 20 heavy (non-hydrogen) atoms. The van der Waals surface area contributed by atoms with Crippen molar-refractivity contribution in [3.05, 3.63) is 59.3 Å². The molecule has 0 aliphatic rings. The van der Waals surface area contributed by atoms with Gasteiger partial charge in [-0.05, 0) is 38.5 Å². The molecule has 0 bridgehead atoms. The van der Waals surface area contributed by atoms with E-state index in [1.807, 2.05) is 19.9 Å². The van der Waals surface area contributed by atoms with Crippen LogP contribution in [0.15, 0.2) is 41.0 Å². The quantitative estimate of drug-likeness (QED) is 0.851. The molecule has 0 radical (unpaired) electrons. The van der Waals surface area contributed by atoms with Crippen LogP contribution in [0.25, 0.3) is 0 Å². The van der Waals surface area contributed by atoms with Gasteiger partial charge >= 0.3 is 0 Å². The lowest BCUT2D eigenvalue weighted by Crippen LogP contribution is -2.27. The average molecular weight is 277 g/mol. The number of aryl methyl sites for hydroxylation is 1. The summed E-state index contributed by atoms with van der Waals surface area (Å²) in [7, 11) is 0. The summed E-state index contributed by atoms with van der Waals surface area (Å²) in [5.41, 5.74) is 1.68. The van der Waals surface area contributed by atoms with E-state index in [-0.39, 0.29) is 11.9 Å². The monoisotopic (exact) mass is 277 g/mol. The van der Waals surface area contributed by atoms with Crippen molar-refractivity contribution in [3.8, 4) is 0 Å². The van der Waals surface area contributed by atoms with E-state index in [0.717, 1.165) is 5.56 Å². The molecular formula is C16H20FNO2. The molecule has 0 aliphatic carbocycles. The Bertz CT molecular complexity index is 539. The Kier molecular flexibility index (Phi) is 4.93. The Hall–Kier alpha value is -1.65. The van der Waals surface area contributed by atoms with Gasteiger partial charge in [-0.25, -0.2) is 4.39 Å². The van der Waals surface area contributed by atoms with Gasteiger partial charge in [0.2, 0.25) is 0 Å². The van der Waals surface area contributed by atoms with Crippen molar-refractivity contribution < 1.29 is 13.9 Å². The highest BCUT2D eigenvalue weighted by Crippen LogP contribution is 2.19. The molecule has 4 heteroatoms. The van der Waals surface area contributed by atoms with Gasteiger partial charge in [-0.1, -0.05) is 17.7 Å². The molecule has 2 rings (SSSR count). The van der Waals surface area contributed by atoms with E-state index in [2.05, 4.69) is 5.32 Å². The highest BCUT2D eigenvalue weighted by molar-refractivity contribution is 5.23. The second kappa shape index (κ2) is 6.68. The van der Waals surface area contributed by atoms with Crippen LogP contribution in [-0.2, 0) is 6.54 Å². The third kappa shape index (κ3) is 3.92. The topological polar surface area (TPSA) is 45.4 Å². The van der Waals surface area contributed by atoms with Crippen molar-refractivity contribution in [2.45, 2.75) is 39.0 Å². The van der Waals surface area contributed by atoms with Crippen molar-refractivity contribution in [1.29, 1.82) is 0 Å². The number of nitrogens with one attached hydrogen (secondary N) is 1. The molecule has 0 fully saturated rings. The summed E-state index contributed by atoms with van der Waals surface area (Å²) < 4.78 is 18.8. The van der Waals surface area contributed by atoms with Crippen LogP contribution in [0.3, 0.4) is 0 Å². The van der Waals surface area contributed by atoms with Gasteiger partial charge in [0.25, 0.3) is 0 Å². The van der Waals surface area contributed by atoms with Crippen molar-refractivity contribution in [3.63, 3.8) is 0 Å². The highest BCUT2D eigenvalue weighted by atomic mass is 19.1. The summed E-state index contributed by atoms with van der Waals surface area (Å²) >= 11 is 0. The van der Waals surface area contributed by atoms with Crippen LogP contribution in [0.5, 0.6) is 0 Å². The molecule has 2 atom stereocenters. The highest BCUT2D eigenvalue weighted by Gasteiger charge is 2.14. The smallest absolute Gasteiger partial charge is 0.132 e. The number of aliphatic hydroxyl groups excluding tert-OH is 1. The van der Waals surface area contributed by atoms with Gasteiger partial charge in [0, 0.05) is 18.2 Å². The number of hydrogen-bond donors (Lipinski definition) is 2. The molecule has 0 aliphatic heterocycles. The fourth-order valence-corrected chi connectivity index (χ4v) is 2.14. The fraction of sp³-hybridized carbons (Fsp3) is 0.375. The molecule has 2 aromatic rings. The van der Waals surface area contributed by atoms with Crippen LogP contribution in [0.2, 0.25) is 0 Å². The maximum atomic E-state index is 13.6. The minimum atomic E-state index is -0.644. The number of rotatable bonds is 6. The Labute approximate surface area is 118 Å². The van der Waals surface area contributed by atoms with Crippen molar-refractivity contribution in [2.24, 2.45) is 0 Å². The van der Waals surface area contributed by atoms with Crippen LogP contribution in [0.1, 0.15) is 36.3 Å². The molecule has 1 heterocycles. The third-order valence-corrected chi connectivity index (χ3v) is 3.29. The summed E-state index contributed by atoms with van der Waals surface area (Å²) in [4.78, 5) is 0. The minimum absolute atomic E-state index is 0.0509.